The lowest BCUT2D eigenvalue weighted by Gasteiger charge is -2.14. The summed E-state index contributed by atoms with van der Waals surface area (Å²) in [5.41, 5.74) is 2.65. The zero-order valence-corrected chi connectivity index (χ0v) is 13.4. The van der Waals surface area contributed by atoms with Crippen LogP contribution in [-0.2, 0) is 11.5 Å². The molecule has 2 atom stereocenters. The van der Waals surface area contributed by atoms with Crippen LogP contribution in [0.4, 0.5) is 5.82 Å². The Morgan fingerprint density at radius 2 is 2.10 bits per heavy atom. The number of nitrogens with zero attached hydrogens (tertiary/aromatic N) is 2. The summed E-state index contributed by atoms with van der Waals surface area (Å²) in [5, 5.41) is 3.52. The Morgan fingerprint density at radius 3 is 2.85 bits per heavy atom. The average molecular weight is 291 g/mol. The number of hydrogen-bond donors (Lipinski definition) is 1. The summed E-state index contributed by atoms with van der Waals surface area (Å²) in [5.74, 6) is 5.85. The summed E-state index contributed by atoms with van der Waals surface area (Å²) in [6.45, 7) is 5.52. The SMILES string of the molecule is CCCNc1nc(C2CCC(CC)C2)nc2c1CSC2. The molecule has 4 heteroatoms. The minimum absolute atomic E-state index is 0.595. The van der Waals surface area contributed by atoms with Crippen LogP contribution in [0.2, 0.25) is 0 Å². The number of fused-ring (bicyclic) bond motifs is 1. The quantitative estimate of drug-likeness (QED) is 0.875. The summed E-state index contributed by atoms with van der Waals surface area (Å²) < 4.78 is 0. The molecule has 0 saturated heterocycles. The highest BCUT2D eigenvalue weighted by molar-refractivity contribution is 7.98. The summed E-state index contributed by atoms with van der Waals surface area (Å²) >= 11 is 1.96. The number of thioether (sulfide) groups is 1. The second kappa shape index (κ2) is 6.33. The van der Waals surface area contributed by atoms with Crippen LogP contribution < -0.4 is 5.32 Å². The Balaban J connectivity index is 1.84. The lowest BCUT2D eigenvalue weighted by atomic mass is 10.0. The molecule has 1 aliphatic carbocycles. The zero-order valence-electron chi connectivity index (χ0n) is 12.6. The third-order valence-electron chi connectivity index (χ3n) is 4.62. The molecule has 2 aliphatic rings. The molecule has 1 saturated carbocycles. The molecule has 3 rings (SSSR count). The van der Waals surface area contributed by atoms with Crippen molar-refractivity contribution >= 4 is 17.6 Å². The number of nitrogens with one attached hydrogen (secondary N) is 1. The van der Waals surface area contributed by atoms with Gasteiger partial charge in [0.25, 0.3) is 0 Å². The van der Waals surface area contributed by atoms with Gasteiger partial charge in [-0.05, 0) is 31.6 Å². The van der Waals surface area contributed by atoms with Gasteiger partial charge in [0.1, 0.15) is 11.6 Å². The fourth-order valence-electron chi connectivity index (χ4n) is 3.32. The van der Waals surface area contributed by atoms with E-state index in [4.69, 9.17) is 9.97 Å². The lowest BCUT2D eigenvalue weighted by Crippen LogP contribution is -2.11. The molecule has 1 N–H and O–H groups in total. The molecule has 0 spiro atoms. The molecule has 110 valence electrons. The minimum Gasteiger partial charge on any atom is -0.370 e. The predicted molar refractivity (Wildman–Crippen MR) is 86.2 cm³/mol. The molecule has 1 aliphatic heterocycles. The van der Waals surface area contributed by atoms with Crippen molar-refractivity contribution < 1.29 is 0 Å². The summed E-state index contributed by atoms with van der Waals surface area (Å²) in [7, 11) is 0. The highest BCUT2D eigenvalue weighted by atomic mass is 32.2. The van der Waals surface area contributed by atoms with Gasteiger partial charge in [0.15, 0.2) is 0 Å². The van der Waals surface area contributed by atoms with Crippen LogP contribution >= 0.6 is 11.8 Å². The minimum atomic E-state index is 0.595. The van der Waals surface area contributed by atoms with Gasteiger partial charge in [-0.1, -0.05) is 20.3 Å². The van der Waals surface area contributed by atoms with E-state index in [-0.39, 0.29) is 0 Å². The summed E-state index contributed by atoms with van der Waals surface area (Å²) in [4.78, 5) is 9.80. The van der Waals surface area contributed by atoms with Gasteiger partial charge in [-0.25, -0.2) is 9.97 Å². The molecule has 1 fully saturated rings. The second-order valence-electron chi connectivity index (χ2n) is 6.06. The van der Waals surface area contributed by atoms with Crippen molar-refractivity contribution in [3.8, 4) is 0 Å². The van der Waals surface area contributed by atoms with Gasteiger partial charge >= 0.3 is 0 Å². The number of hydrogen-bond acceptors (Lipinski definition) is 4. The average Bonchev–Trinajstić information content (AvgIpc) is 3.12. The molecule has 0 bridgehead atoms. The van der Waals surface area contributed by atoms with E-state index >= 15 is 0 Å². The maximum Gasteiger partial charge on any atom is 0.134 e. The molecular weight excluding hydrogens is 266 g/mol. The third-order valence-corrected chi connectivity index (χ3v) is 5.59. The van der Waals surface area contributed by atoms with E-state index in [1.54, 1.807) is 0 Å². The predicted octanol–water partition coefficient (Wildman–Crippen LogP) is 4.34. The molecular formula is C16H25N3S. The van der Waals surface area contributed by atoms with E-state index in [2.05, 4.69) is 19.2 Å². The van der Waals surface area contributed by atoms with Crippen molar-refractivity contribution in [3.63, 3.8) is 0 Å². The number of rotatable bonds is 5. The van der Waals surface area contributed by atoms with Crippen molar-refractivity contribution in [2.45, 2.75) is 63.4 Å². The van der Waals surface area contributed by atoms with Crippen molar-refractivity contribution in [1.82, 2.24) is 9.97 Å². The van der Waals surface area contributed by atoms with Crippen LogP contribution in [0.15, 0.2) is 0 Å². The third kappa shape index (κ3) is 2.80. The second-order valence-corrected chi connectivity index (χ2v) is 7.05. The van der Waals surface area contributed by atoms with E-state index < -0.39 is 0 Å². The molecule has 2 heterocycles. The van der Waals surface area contributed by atoms with Gasteiger partial charge in [-0.15, -0.1) is 0 Å². The fraction of sp³-hybridized carbons (Fsp3) is 0.750. The number of anilines is 1. The Bertz CT molecular complexity index is 475. The Hall–Kier alpha value is -0.770. The summed E-state index contributed by atoms with van der Waals surface area (Å²) in [6.07, 6.45) is 6.36. The van der Waals surface area contributed by atoms with Gasteiger partial charge in [0, 0.05) is 29.5 Å². The summed E-state index contributed by atoms with van der Waals surface area (Å²) in [6, 6.07) is 0. The van der Waals surface area contributed by atoms with Gasteiger partial charge in [-0.2, -0.15) is 11.8 Å². The van der Waals surface area contributed by atoms with E-state index in [0.717, 1.165) is 42.0 Å². The van der Waals surface area contributed by atoms with Crippen LogP contribution in [0.25, 0.3) is 0 Å². The monoisotopic (exact) mass is 291 g/mol. The zero-order chi connectivity index (χ0) is 13.9. The maximum absolute atomic E-state index is 4.90. The van der Waals surface area contributed by atoms with Gasteiger partial charge in [-0.3, -0.25) is 0 Å². The first kappa shape index (κ1) is 14.2. The Labute approximate surface area is 126 Å². The van der Waals surface area contributed by atoms with Crippen LogP contribution in [0.5, 0.6) is 0 Å². The highest BCUT2D eigenvalue weighted by Crippen LogP contribution is 2.40. The van der Waals surface area contributed by atoms with Crippen molar-refractivity contribution in [2.24, 2.45) is 5.92 Å². The van der Waals surface area contributed by atoms with Crippen LogP contribution in [0.1, 0.15) is 69.0 Å². The maximum atomic E-state index is 4.90. The van der Waals surface area contributed by atoms with Crippen molar-refractivity contribution in [2.75, 3.05) is 11.9 Å². The van der Waals surface area contributed by atoms with Gasteiger partial charge in [0.05, 0.1) is 5.69 Å². The Kier molecular flexibility index (Phi) is 4.49. The topological polar surface area (TPSA) is 37.8 Å². The van der Waals surface area contributed by atoms with E-state index in [9.17, 15) is 0 Å². The molecule has 1 aromatic rings. The van der Waals surface area contributed by atoms with Crippen LogP contribution in [-0.4, -0.2) is 16.5 Å². The molecule has 1 aromatic heterocycles. The highest BCUT2D eigenvalue weighted by Gasteiger charge is 2.29. The molecule has 3 nitrogen and oxygen atoms in total. The number of aromatic nitrogens is 2. The van der Waals surface area contributed by atoms with E-state index in [0.29, 0.717) is 5.92 Å². The lowest BCUT2D eigenvalue weighted by molar-refractivity contribution is 0.516. The van der Waals surface area contributed by atoms with Crippen molar-refractivity contribution in [3.05, 3.63) is 17.1 Å². The Morgan fingerprint density at radius 1 is 1.20 bits per heavy atom. The molecule has 0 radical (unpaired) electrons. The van der Waals surface area contributed by atoms with E-state index in [1.807, 2.05) is 11.8 Å². The molecule has 20 heavy (non-hydrogen) atoms. The van der Waals surface area contributed by atoms with Crippen molar-refractivity contribution in [1.29, 1.82) is 0 Å². The molecule has 0 aromatic carbocycles. The van der Waals surface area contributed by atoms with E-state index in [1.165, 1.54) is 36.9 Å². The van der Waals surface area contributed by atoms with Gasteiger partial charge in [0.2, 0.25) is 0 Å². The van der Waals surface area contributed by atoms with Gasteiger partial charge < -0.3 is 5.32 Å². The smallest absolute Gasteiger partial charge is 0.134 e. The van der Waals surface area contributed by atoms with Crippen LogP contribution in [0.3, 0.4) is 0 Å². The molecule has 0 amide bonds. The standard InChI is InChI=1S/C16H25N3S/c1-3-7-17-16-13-9-20-10-14(13)18-15(19-16)12-6-5-11(4-2)8-12/h11-12H,3-10H2,1-2H3,(H,17,18,19). The first-order chi connectivity index (χ1) is 9.81. The fourth-order valence-corrected chi connectivity index (χ4v) is 4.36. The largest absolute Gasteiger partial charge is 0.370 e. The normalized spacial score (nSPS) is 24.9. The van der Waals surface area contributed by atoms with Crippen LogP contribution in [0, 0.1) is 5.92 Å². The first-order valence-electron chi connectivity index (χ1n) is 8.03. The first-order valence-corrected chi connectivity index (χ1v) is 9.18. The molecule has 2 unspecified atom stereocenters.